The molecule has 0 saturated carbocycles. The summed E-state index contributed by atoms with van der Waals surface area (Å²) < 4.78 is 0. The van der Waals surface area contributed by atoms with Crippen molar-refractivity contribution in [1.82, 2.24) is 0 Å². The molecule has 0 spiro atoms. The van der Waals surface area contributed by atoms with Crippen molar-refractivity contribution in [3.63, 3.8) is 0 Å². The highest BCUT2D eigenvalue weighted by molar-refractivity contribution is 5.80. The number of nitriles is 1. The van der Waals surface area contributed by atoms with Crippen LogP contribution in [0.3, 0.4) is 0 Å². The van der Waals surface area contributed by atoms with Gasteiger partial charge in [-0.05, 0) is 18.8 Å². The summed E-state index contributed by atoms with van der Waals surface area (Å²) in [5.74, 6) is -0.447. The van der Waals surface area contributed by atoms with Gasteiger partial charge in [-0.15, -0.1) is 0 Å². The van der Waals surface area contributed by atoms with E-state index in [9.17, 15) is 4.79 Å². The fourth-order valence-corrected chi connectivity index (χ4v) is 0.893. The molecule has 0 amide bonds. The van der Waals surface area contributed by atoms with Gasteiger partial charge < -0.3 is 0 Å². The molecule has 0 N–H and O–H groups in total. The molecule has 1 unspecified atom stereocenters. The molecule has 0 aromatic carbocycles. The van der Waals surface area contributed by atoms with Crippen LogP contribution in [-0.2, 0) is 4.79 Å². The lowest BCUT2D eigenvalue weighted by Gasteiger charge is -2.19. The van der Waals surface area contributed by atoms with Crippen molar-refractivity contribution in [3.05, 3.63) is 0 Å². The highest BCUT2D eigenvalue weighted by Crippen LogP contribution is 2.24. The third kappa shape index (κ3) is 4.55. The second-order valence-electron chi connectivity index (χ2n) is 4.06. The molecule has 1 atom stereocenters. The molecule has 0 aliphatic carbocycles. The van der Waals surface area contributed by atoms with Crippen molar-refractivity contribution in [2.45, 2.75) is 34.1 Å². The summed E-state index contributed by atoms with van der Waals surface area (Å²) in [7, 11) is 0. The first kappa shape index (κ1) is 10.2. The number of ketones is 1. The van der Waals surface area contributed by atoms with Crippen LogP contribution in [-0.4, -0.2) is 5.78 Å². The zero-order chi connectivity index (χ0) is 9.07. The van der Waals surface area contributed by atoms with E-state index >= 15 is 0 Å². The maximum Gasteiger partial charge on any atom is 0.146 e. The van der Waals surface area contributed by atoms with Gasteiger partial charge in [0.15, 0.2) is 0 Å². The van der Waals surface area contributed by atoms with Crippen molar-refractivity contribution in [3.8, 4) is 6.07 Å². The first-order valence-corrected chi connectivity index (χ1v) is 3.77. The zero-order valence-corrected chi connectivity index (χ0v) is 7.64. The van der Waals surface area contributed by atoms with Gasteiger partial charge in [-0.1, -0.05) is 20.8 Å². The van der Waals surface area contributed by atoms with Gasteiger partial charge in [-0.3, -0.25) is 4.79 Å². The van der Waals surface area contributed by atoms with Crippen LogP contribution in [0.25, 0.3) is 0 Å². The Bertz CT molecular complexity index is 183. The van der Waals surface area contributed by atoms with E-state index in [1.165, 1.54) is 6.92 Å². The van der Waals surface area contributed by atoms with Crippen molar-refractivity contribution in [2.24, 2.45) is 11.3 Å². The second kappa shape index (κ2) is 3.52. The summed E-state index contributed by atoms with van der Waals surface area (Å²) >= 11 is 0. The van der Waals surface area contributed by atoms with Crippen molar-refractivity contribution in [2.75, 3.05) is 0 Å². The van der Waals surface area contributed by atoms with E-state index in [4.69, 9.17) is 5.26 Å². The summed E-state index contributed by atoms with van der Waals surface area (Å²) in [6.45, 7) is 7.56. The Kier molecular flexibility index (Phi) is 3.25. The van der Waals surface area contributed by atoms with E-state index in [-0.39, 0.29) is 11.2 Å². The minimum absolute atomic E-state index is 0.0255. The van der Waals surface area contributed by atoms with Crippen molar-refractivity contribution < 1.29 is 4.79 Å². The van der Waals surface area contributed by atoms with Crippen LogP contribution in [0.5, 0.6) is 0 Å². The van der Waals surface area contributed by atoms with Crippen LogP contribution >= 0.6 is 0 Å². The summed E-state index contributed by atoms with van der Waals surface area (Å²) in [4.78, 5) is 10.8. The van der Waals surface area contributed by atoms with Crippen LogP contribution in [0.1, 0.15) is 34.1 Å². The minimum Gasteiger partial charge on any atom is -0.299 e. The second-order valence-corrected chi connectivity index (χ2v) is 4.06. The average molecular weight is 153 g/mol. The smallest absolute Gasteiger partial charge is 0.146 e. The summed E-state index contributed by atoms with van der Waals surface area (Å²) in [6.07, 6.45) is 0.652. The molecule has 0 rings (SSSR count). The molecular weight excluding hydrogens is 138 g/mol. The molecular formula is C9H15NO. The van der Waals surface area contributed by atoms with Gasteiger partial charge in [0.25, 0.3) is 0 Å². The Morgan fingerprint density at radius 2 is 2.00 bits per heavy atom. The largest absolute Gasteiger partial charge is 0.299 e. The number of nitrogens with zero attached hydrogens (tertiary/aromatic N) is 1. The average Bonchev–Trinajstić information content (AvgIpc) is 1.80. The number of hydrogen-bond acceptors (Lipinski definition) is 2. The Balaban J connectivity index is 4.13. The first-order valence-electron chi connectivity index (χ1n) is 3.77. The Morgan fingerprint density at radius 1 is 1.55 bits per heavy atom. The minimum atomic E-state index is -0.421. The van der Waals surface area contributed by atoms with E-state index in [0.29, 0.717) is 6.42 Å². The van der Waals surface area contributed by atoms with Crippen LogP contribution in [0, 0.1) is 22.7 Å². The maximum atomic E-state index is 10.8. The molecule has 0 aromatic heterocycles. The van der Waals surface area contributed by atoms with E-state index in [2.05, 4.69) is 0 Å². The number of Topliss-reactive ketones (excluding diaryl/α,β-unsaturated/α-hetero) is 1. The molecule has 11 heavy (non-hydrogen) atoms. The lowest BCUT2D eigenvalue weighted by molar-refractivity contribution is -0.119. The predicted octanol–water partition coefficient (Wildman–Crippen LogP) is 2.15. The summed E-state index contributed by atoms with van der Waals surface area (Å²) in [5, 5.41) is 8.59. The van der Waals surface area contributed by atoms with Gasteiger partial charge in [-0.25, -0.2) is 0 Å². The molecule has 0 aliphatic heterocycles. The highest BCUT2D eigenvalue weighted by atomic mass is 16.1. The molecule has 2 nitrogen and oxygen atoms in total. The van der Waals surface area contributed by atoms with Crippen LogP contribution in [0.15, 0.2) is 0 Å². The van der Waals surface area contributed by atoms with Gasteiger partial charge in [0.05, 0.1) is 6.07 Å². The Morgan fingerprint density at radius 3 is 2.09 bits per heavy atom. The quantitative estimate of drug-likeness (QED) is 0.610. The standard InChI is InChI=1S/C9H15NO/c1-7(11)8(6-10)5-9(2,3)4/h8H,5H2,1-4H3. The van der Waals surface area contributed by atoms with Crippen molar-refractivity contribution >= 4 is 5.78 Å². The highest BCUT2D eigenvalue weighted by Gasteiger charge is 2.21. The fraction of sp³-hybridized carbons (Fsp3) is 0.778. The van der Waals surface area contributed by atoms with Gasteiger partial charge in [0, 0.05) is 0 Å². The molecule has 0 radical (unpaired) electrons. The van der Waals surface area contributed by atoms with E-state index in [0.717, 1.165) is 0 Å². The van der Waals surface area contributed by atoms with Gasteiger partial charge in [-0.2, -0.15) is 5.26 Å². The normalized spacial score (nSPS) is 13.7. The Labute approximate surface area is 68.2 Å². The van der Waals surface area contributed by atoms with Crippen LogP contribution in [0.2, 0.25) is 0 Å². The lowest BCUT2D eigenvalue weighted by Crippen LogP contribution is -2.17. The fourth-order valence-electron chi connectivity index (χ4n) is 0.893. The maximum absolute atomic E-state index is 10.8. The Hall–Kier alpha value is -0.840. The molecule has 0 saturated heterocycles. The number of carbonyl (C=O) groups excluding carboxylic acids is 1. The zero-order valence-electron chi connectivity index (χ0n) is 7.64. The number of hydrogen-bond donors (Lipinski definition) is 0. The molecule has 0 heterocycles. The van der Waals surface area contributed by atoms with Crippen LogP contribution in [0.4, 0.5) is 0 Å². The lowest BCUT2D eigenvalue weighted by atomic mass is 9.84. The number of rotatable bonds is 2. The molecule has 0 fully saturated rings. The SMILES string of the molecule is CC(=O)C(C#N)CC(C)(C)C. The topological polar surface area (TPSA) is 40.9 Å². The van der Waals surface area contributed by atoms with Crippen LogP contribution < -0.4 is 0 Å². The van der Waals surface area contributed by atoms with Gasteiger partial charge >= 0.3 is 0 Å². The first-order chi connectivity index (χ1) is 4.87. The van der Waals surface area contributed by atoms with Gasteiger partial charge in [0.1, 0.15) is 11.7 Å². The van der Waals surface area contributed by atoms with Crippen molar-refractivity contribution in [1.29, 1.82) is 5.26 Å². The molecule has 2 heteroatoms. The molecule has 0 bridgehead atoms. The monoisotopic (exact) mass is 153 g/mol. The predicted molar refractivity (Wildman–Crippen MR) is 43.9 cm³/mol. The summed E-state index contributed by atoms with van der Waals surface area (Å²) in [6, 6.07) is 2.01. The van der Waals surface area contributed by atoms with E-state index in [1.54, 1.807) is 0 Å². The molecule has 62 valence electrons. The van der Waals surface area contributed by atoms with E-state index < -0.39 is 5.92 Å². The summed E-state index contributed by atoms with van der Waals surface area (Å²) in [5.41, 5.74) is 0.0616. The van der Waals surface area contributed by atoms with Gasteiger partial charge in [0.2, 0.25) is 0 Å². The molecule has 0 aromatic rings. The molecule has 0 aliphatic rings. The third-order valence-corrected chi connectivity index (χ3v) is 1.46. The number of carbonyl (C=O) groups is 1. The van der Waals surface area contributed by atoms with E-state index in [1.807, 2.05) is 26.8 Å². The third-order valence-electron chi connectivity index (χ3n) is 1.46.